The number of benzene rings is 1. The maximum absolute atomic E-state index is 11.4. The molecule has 0 spiro atoms. The molecule has 1 aromatic carbocycles. The molecule has 0 unspecified atom stereocenters. The monoisotopic (exact) mass is 268 g/mol. The van der Waals surface area contributed by atoms with Gasteiger partial charge < -0.3 is 10.5 Å². The zero-order chi connectivity index (χ0) is 14.1. The van der Waals surface area contributed by atoms with Gasteiger partial charge in [0.1, 0.15) is 0 Å². The van der Waals surface area contributed by atoms with Crippen molar-refractivity contribution in [2.24, 2.45) is 0 Å². The molecule has 0 radical (unpaired) electrons. The van der Waals surface area contributed by atoms with Crippen LogP contribution in [-0.2, 0) is 4.74 Å². The van der Waals surface area contributed by atoms with Gasteiger partial charge in [0.25, 0.3) is 0 Å². The summed E-state index contributed by atoms with van der Waals surface area (Å²) in [6, 6.07) is 12.7. The van der Waals surface area contributed by atoms with Crippen molar-refractivity contribution in [3.05, 3.63) is 48.0 Å². The van der Waals surface area contributed by atoms with Crippen molar-refractivity contribution in [1.82, 2.24) is 14.6 Å². The van der Waals surface area contributed by atoms with Gasteiger partial charge in [-0.3, -0.25) is 0 Å². The largest absolute Gasteiger partial charge is 0.465 e. The van der Waals surface area contributed by atoms with Crippen LogP contribution in [0.4, 0.5) is 5.95 Å². The Morgan fingerprint density at radius 2 is 1.95 bits per heavy atom. The minimum Gasteiger partial charge on any atom is -0.465 e. The summed E-state index contributed by atoms with van der Waals surface area (Å²) in [6.45, 7) is 0. The number of esters is 1. The van der Waals surface area contributed by atoms with E-state index >= 15 is 0 Å². The second kappa shape index (κ2) is 4.65. The minimum atomic E-state index is -0.361. The van der Waals surface area contributed by atoms with Crippen LogP contribution in [0.1, 0.15) is 10.4 Å². The average Bonchev–Trinajstić information content (AvgIpc) is 2.86. The molecule has 2 aromatic heterocycles. The Morgan fingerprint density at radius 1 is 1.20 bits per heavy atom. The number of anilines is 1. The van der Waals surface area contributed by atoms with Crippen molar-refractivity contribution < 1.29 is 9.53 Å². The second-order valence-electron chi connectivity index (χ2n) is 4.22. The molecular weight excluding hydrogens is 256 g/mol. The second-order valence-corrected chi connectivity index (χ2v) is 4.22. The van der Waals surface area contributed by atoms with Gasteiger partial charge in [-0.15, -0.1) is 5.10 Å². The summed E-state index contributed by atoms with van der Waals surface area (Å²) >= 11 is 0. The van der Waals surface area contributed by atoms with Gasteiger partial charge in [-0.1, -0.05) is 18.2 Å². The Hall–Kier alpha value is -2.89. The van der Waals surface area contributed by atoms with Crippen LogP contribution in [-0.4, -0.2) is 27.7 Å². The molecule has 0 bridgehead atoms. The smallest absolute Gasteiger partial charge is 0.337 e. The third-order valence-corrected chi connectivity index (χ3v) is 2.98. The van der Waals surface area contributed by atoms with Crippen LogP contribution in [0, 0.1) is 0 Å². The number of fused-ring (bicyclic) bond motifs is 1. The number of rotatable bonds is 2. The zero-order valence-electron chi connectivity index (χ0n) is 10.8. The van der Waals surface area contributed by atoms with Gasteiger partial charge in [0, 0.05) is 5.56 Å². The number of pyridine rings is 1. The van der Waals surface area contributed by atoms with E-state index in [0.29, 0.717) is 11.2 Å². The fourth-order valence-electron chi connectivity index (χ4n) is 2.04. The third kappa shape index (κ3) is 1.97. The molecule has 6 heteroatoms. The van der Waals surface area contributed by atoms with Crippen LogP contribution >= 0.6 is 0 Å². The molecule has 2 heterocycles. The summed E-state index contributed by atoms with van der Waals surface area (Å²) in [5.74, 6) is -0.136. The number of nitrogens with two attached hydrogens (primary N) is 1. The lowest BCUT2D eigenvalue weighted by atomic mass is 10.1. The number of carbonyl (C=O) groups is 1. The highest BCUT2D eigenvalue weighted by Crippen LogP contribution is 2.21. The number of nitrogen functional groups attached to an aromatic ring is 1. The fourth-order valence-corrected chi connectivity index (χ4v) is 2.04. The Morgan fingerprint density at radius 3 is 2.65 bits per heavy atom. The van der Waals surface area contributed by atoms with Crippen LogP contribution in [0.3, 0.4) is 0 Å². The molecule has 3 rings (SSSR count). The molecule has 3 aromatic rings. The highest BCUT2D eigenvalue weighted by Gasteiger charge is 2.09. The standard InChI is InChI=1S/C14H12N4O2/c1-20-13(19)10-7-5-9(6-8-10)11-3-2-4-12-16-14(15)17-18(11)12/h2-8H,1H3,(H2,15,17). The first kappa shape index (κ1) is 12.2. The zero-order valence-corrected chi connectivity index (χ0v) is 10.8. The van der Waals surface area contributed by atoms with Gasteiger partial charge in [-0.2, -0.15) is 4.98 Å². The van der Waals surface area contributed by atoms with Crippen molar-refractivity contribution >= 4 is 17.6 Å². The van der Waals surface area contributed by atoms with E-state index in [0.717, 1.165) is 11.3 Å². The van der Waals surface area contributed by atoms with E-state index in [4.69, 9.17) is 5.73 Å². The van der Waals surface area contributed by atoms with Crippen molar-refractivity contribution in [3.8, 4) is 11.3 Å². The number of nitrogens with zero attached hydrogens (tertiary/aromatic N) is 3. The minimum absolute atomic E-state index is 0.226. The summed E-state index contributed by atoms with van der Waals surface area (Å²) in [4.78, 5) is 15.5. The van der Waals surface area contributed by atoms with E-state index in [-0.39, 0.29) is 11.9 Å². The molecule has 0 fully saturated rings. The predicted molar refractivity (Wildman–Crippen MR) is 74.2 cm³/mol. The van der Waals surface area contributed by atoms with E-state index in [1.54, 1.807) is 16.6 Å². The Labute approximate surface area is 114 Å². The fraction of sp³-hybridized carbons (Fsp3) is 0.0714. The van der Waals surface area contributed by atoms with E-state index in [9.17, 15) is 4.79 Å². The van der Waals surface area contributed by atoms with E-state index in [1.807, 2.05) is 30.3 Å². The molecule has 0 aliphatic rings. The maximum atomic E-state index is 11.4. The summed E-state index contributed by atoms with van der Waals surface area (Å²) in [5.41, 5.74) is 8.55. The molecule has 0 aliphatic carbocycles. The molecule has 20 heavy (non-hydrogen) atoms. The number of carbonyl (C=O) groups excluding carboxylic acids is 1. The van der Waals surface area contributed by atoms with Crippen molar-refractivity contribution in [1.29, 1.82) is 0 Å². The van der Waals surface area contributed by atoms with Crippen molar-refractivity contribution in [2.45, 2.75) is 0 Å². The van der Waals surface area contributed by atoms with E-state index < -0.39 is 0 Å². The summed E-state index contributed by atoms with van der Waals surface area (Å²) in [5, 5.41) is 4.15. The molecule has 100 valence electrons. The molecule has 0 aliphatic heterocycles. The number of methoxy groups -OCH3 is 1. The lowest BCUT2D eigenvalue weighted by molar-refractivity contribution is 0.0601. The first-order valence-corrected chi connectivity index (χ1v) is 5.99. The summed E-state index contributed by atoms with van der Waals surface area (Å²) in [7, 11) is 1.36. The van der Waals surface area contributed by atoms with Gasteiger partial charge in [0.2, 0.25) is 5.95 Å². The number of ether oxygens (including phenoxy) is 1. The molecule has 0 amide bonds. The first-order valence-electron chi connectivity index (χ1n) is 5.99. The quantitative estimate of drug-likeness (QED) is 0.716. The molecule has 6 nitrogen and oxygen atoms in total. The van der Waals surface area contributed by atoms with Gasteiger partial charge in [-0.05, 0) is 24.3 Å². The SMILES string of the molecule is COC(=O)c1ccc(-c2cccc3nc(N)nn23)cc1. The van der Waals surface area contributed by atoms with E-state index in [2.05, 4.69) is 14.8 Å². The van der Waals surface area contributed by atoms with Gasteiger partial charge in [0.05, 0.1) is 18.4 Å². The molecular formula is C14H12N4O2. The molecule has 0 saturated carbocycles. The number of hydrogen-bond acceptors (Lipinski definition) is 5. The average molecular weight is 268 g/mol. The highest BCUT2D eigenvalue weighted by atomic mass is 16.5. The number of aromatic nitrogens is 3. The third-order valence-electron chi connectivity index (χ3n) is 2.98. The lowest BCUT2D eigenvalue weighted by Crippen LogP contribution is -2.01. The highest BCUT2D eigenvalue weighted by molar-refractivity contribution is 5.89. The van der Waals surface area contributed by atoms with Gasteiger partial charge >= 0.3 is 5.97 Å². The molecule has 0 saturated heterocycles. The first-order chi connectivity index (χ1) is 9.69. The van der Waals surface area contributed by atoms with Crippen molar-refractivity contribution in [2.75, 3.05) is 12.8 Å². The van der Waals surface area contributed by atoms with Crippen LogP contribution in [0.5, 0.6) is 0 Å². The van der Waals surface area contributed by atoms with Crippen LogP contribution < -0.4 is 5.73 Å². The van der Waals surface area contributed by atoms with Gasteiger partial charge in [-0.25, -0.2) is 9.31 Å². The Balaban J connectivity index is 2.09. The predicted octanol–water partition coefficient (Wildman–Crippen LogP) is 1.77. The van der Waals surface area contributed by atoms with E-state index in [1.165, 1.54) is 7.11 Å². The Kier molecular flexibility index (Phi) is 2.83. The van der Waals surface area contributed by atoms with Crippen LogP contribution in [0.2, 0.25) is 0 Å². The Bertz CT molecular complexity index is 777. The normalized spacial score (nSPS) is 10.7. The van der Waals surface area contributed by atoms with Crippen LogP contribution in [0.15, 0.2) is 42.5 Å². The van der Waals surface area contributed by atoms with Gasteiger partial charge in [0.15, 0.2) is 5.65 Å². The molecule has 2 N–H and O–H groups in total. The molecule has 0 atom stereocenters. The lowest BCUT2D eigenvalue weighted by Gasteiger charge is -2.05. The van der Waals surface area contributed by atoms with Crippen molar-refractivity contribution in [3.63, 3.8) is 0 Å². The number of hydrogen-bond donors (Lipinski definition) is 1. The topological polar surface area (TPSA) is 82.5 Å². The summed E-state index contributed by atoms with van der Waals surface area (Å²) < 4.78 is 6.34. The summed E-state index contributed by atoms with van der Waals surface area (Å²) in [6.07, 6.45) is 0. The maximum Gasteiger partial charge on any atom is 0.337 e. The van der Waals surface area contributed by atoms with Crippen LogP contribution in [0.25, 0.3) is 16.9 Å².